The molecule has 10 nitrogen and oxygen atoms in total. The van der Waals surface area contributed by atoms with Gasteiger partial charge < -0.3 is 5.32 Å². The van der Waals surface area contributed by atoms with Crippen molar-refractivity contribution in [1.29, 1.82) is 0 Å². The number of hydrogen-bond acceptors (Lipinski definition) is 6. The van der Waals surface area contributed by atoms with E-state index in [1.165, 1.54) is 19.1 Å². The zero-order valence-electron chi connectivity index (χ0n) is 15.6. The minimum Gasteiger partial charge on any atom is -0.316 e. The molecule has 0 saturated carbocycles. The van der Waals surface area contributed by atoms with Crippen molar-refractivity contribution in [2.45, 2.75) is 19.3 Å². The second-order valence-electron chi connectivity index (χ2n) is 6.40. The first kappa shape index (κ1) is 22.6. The van der Waals surface area contributed by atoms with E-state index >= 15 is 0 Å². The van der Waals surface area contributed by atoms with Crippen LogP contribution in [-0.2, 0) is 8.53 Å². The number of anilines is 1. The number of nitrogens with zero attached hydrogens (tertiary/aromatic N) is 1. The largest absolute Gasteiger partial charge is 0.316 e. The number of para-hydroxylation sites is 2. The summed E-state index contributed by atoms with van der Waals surface area (Å²) in [6.07, 6.45) is 0.991. The Morgan fingerprint density at radius 3 is 2.48 bits per heavy atom. The van der Waals surface area contributed by atoms with Crippen LogP contribution in [0, 0.1) is 10.1 Å². The number of nitro groups is 1. The van der Waals surface area contributed by atoms with Crippen molar-refractivity contribution in [2.75, 3.05) is 18.4 Å². The second-order valence-corrected chi connectivity index (χ2v) is 9.70. The molecular weight excluding hydrogens is 445 g/mol. The Hall–Kier alpha value is -2.65. The summed E-state index contributed by atoms with van der Waals surface area (Å²) in [5.41, 5.74) is 1.11. The fourth-order valence-electron chi connectivity index (χ4n) is 2.98. The SMILES string of the molecule is CC(=O)Nc1cccc([As](=O)(O)O)c1O.O=[N+]([O-])c1ccccc1C1CCNC1. The average Bonchev–Trinajstić information content (AvgIpc) is 3.17. The third kappa shape index (κ3) is 6.16. The first-order valence-electron chi connectivity index (χ1n) is 8.71. The third-order valence-corrected chi connectivity index (χ3v) is 6.35. The maximum atomic E-state index is 11.0. The van der Waals surface area contributed by atoms with Crippen molar-refractivity contribution < 1.29 is 26.8 Å². The van der Waals surface area contributed by atoms with Crippen LogP contribution >= 0.6 is 0 Å². The number of amides is 1. The van der Waals surface area contributed by atoms with Gasteiger partial charge in [0.15, 0.2) is 0 Å². The summed E-state index contributed by atoms with van der Waals surface area (Å²) >= 11 is -5.15. The summed E-state index contributed by atoms with van der Waals surface area (Å²) < 4.78 is 28.4. The summed E-state index contributed by atoms with van der Waals surface area (Å²) in [6, 6.07) is 10.8. The molecule has 2 aromatic rings. The number of nitrogens with one attached hydrogen (secondary N) is 2. The fraction of sp³-hybridized carbons (Fsp3) is 0.278. The molecule has 156 valence electrons. The normalized spacial score (nSPS) is 15.9. The van der Waals surface area contributed by atoms with Crippen molar-refractivity contribution in [1.82, 2.24) is 5.32 Å². The zero-order valence-corrected chi connectivity index (χ0v) is 17.5. The molecule has 1 fully saturated rings. The van der Waals surface area contributed by atoms with E-state index in [0.29, 0.717) is 5.92 Å². The van der Waals surface area contributed by atoms with Gasteiger partial charge in [0.1, 0.15) is 0 Å². The van der Waals surface area contributed by atoms with Gasteiger partial charge in [0.25, 0.3) is 5.69 Å². The Morgan fingerprint density at radius 1 is 1.24 bits per heavy atom. The minimum atomic E-state index is -5.15. The van der Waals surface area contributed by atoms with Crippen molar-refractivity contribution >= 4 is 35.8 Å². The molecule has 0 radical (unpaired) electrons. The number of carbonyl (C=O) groups excluding carboxylic acids is 1. The number of phenolic OH excluding ortho intramolecular Hbond substituents is 1. The Bertz CT molecular complexity index is 939. The van der Waals surface area contributed by atoms with E-state index in [2.05, 4.69) is 10.6 Å². The second kappa shape index (κ2) is 9.71. The van der Waals surface area contributed by atoms with Crippen LogP contribution in [-0.4, -0.2) is 51.4 Å². The van der Waals surface area contributed by atoms with Gasteiger partial charge in [0, 0.05) is 24.1 Å². The molecule has 1 saturated heterocycles. The third-order valence-electron chi connectivity index (χ3n) is 4.27. The molecule has 1 atom stereocenters. The number of nitro benzene ring substituents is 1. The number of rotatable bonds is 4. The zero-order chi connectivity index (χ0) is 21.6. The number of benzene rings is 2. The molecule has 5 N–H and O–H groups in total. The van der Waals surface area contributed by atoms with E-state index in [4.69, 9.17) is 8.19 Å². The summed E-state index contributed by atoms with van der Waals surface area (Å²) in [5, 5.41) is 25.7. The molecular formula is C18H22AsN3O7. The smallest absolute Gasteiger partial charge is 0.272 e. The molecule has 1 unspecified atom stereocenters. The van der Waals surface area contributed by atoms with Gasteiger partial charge in [-0.2, -0.15) is 0 Å². The molecule has 0 spiro atoms. The Labute approximate surface area is 169 Å². The molecule has 1 heterocycles. The Balaban J connectivity index is 0.000000207. The number of hydrogen-bond donors (Lipinski definition) is 5. The maximum absolute atomic E-state index is 11.0. The van der Waals surface area contributed by atoms with E-state index in [0.717, 1.165) is 31.1 Å². The molecule has 11 heteroatoms. The number of aromatic hydroxyl groups is 1. The van der Waals surface area contributed by atoms with E-state index in [-0.39, 0.29) is 16.3 Å². The number of phenols is 1. The van der Waals surface area contributed by atoms with Crippen LogP contribution < -0.4 is 15.0 Å². The van der Waals surface area contributed by atoms with Crippen LogP contribution in [0.1, 0.15) is 24.8 Å². The standard InChI is InChI=1S/C10H12N2O2.C8H10AsNO5/c13-12(14)10-4-2-1-3-9(10)8-5-6-11-7-8;1-5(11)10-7-4-2-3-6(8(7)12)9(13,14)15/h1-4,8,11H,5-7H2;2-4,12H,1H3,(H,10,11)(H2,13,14,15). The van der Waals surface area contributed by atoms with Crippen molar-refractivity contribution in [2.24, 2.45) is 0 Å². The van der Waals surface area contributed by atoms with Gasteiger partial charge in [-0.15, -0.1) is 0 Å². The quantitative estimate of drug-likeness (QED) is 0.189. The molecule has 3 rings (SSSR count). The van der Waals surface area contributed by atoms with E-state index < -0.39 is 30.2 Å². The molecule has 2 aromatic carbocycles. The van der Waals surface area contributed by atoms with Gasteiger partial charge >= 0.3 is 88.1 Å². The monoisotopic (exact) mass is 467 g/mol. The maximum Gasteiger partial charge on any atom is 0.272 e. The topological polar surface area (TPSA) is 162 Å². The summed E-state index contributed by atoms with van der Waals surface area (Å²) in [4.78, 5) is 21.2. The van der Waals surface area contributed by atoms with Gasteiger partial charge in [-0.05, 0) is 13.0 Å². The molecule has 0 aromatic heterocycles. The molecule has 1 aliphatic heterocycles. The van der Waals surface area contributed by atoms with Crippen molar-refractivity contribution in [3.8, 4) is 5.75 Å². The fourth-order valence-corrected chi connectivity index (χ4v) is 4.40. The Kier molecular flexibility index (Phi) is 7.58. The number of carbonyl (C=O) groups is 1. The van der Waals surface area contributed by atoms with Crippen LogP contribution in [0.5, 0.6) is 5.75 Å². The van der Waals surface area contributed by atoms with Crippen LogP contribution in [0.25, 0.3) is 0 Å². The van der Waals surface area contributed by atoms with Gasteiger partial charge in [0.05, 0.1) is 4.92 Å². The molecule has 29 heavy (non-hydrogen) atoms. The first-order chi connectivity index (χ1) is 13.6. The summed E-state index contributed by atoms with van der Waals surface area (Å²) in [5.74, 6) is -0.711. The van der Waals surface area contributed by atoms with E-state index in [1.54, 1.807) is 12.1 Å². The van der Waals surface area contributed by atoms with Crippen molar-refractivity contribution in [3.63, 3.8) is 0 Å². The minimum absolute atomic E-state index is 0.00951. The van der Waals surface area contributed by atoms with Crippen LogP contribution in [0.15, 0.2) is 42.5 Å². The molecule has 0 aliphatic carbocycles. The predicted molar refractivity (Wildman–Crippen MR) is 106 cm³/mol. The van der Waals surface area contributed by atoms with Crippen LogP contribution in [0.3, 0.4) is 0 Å². The van der Waals surface area contributed by atoms with E-state index in [1.807, 2.05) is 12.1 Å². The van der Waals surface area contributed by atoms with Crippen molar-refractivity contribution in [3.05, 3.63) is 58.1 Å². The molecule has 0 bridgehead atoms. The summed E-state index contributed by atoms with van der Waals surface area (Å²) in [7, 11) is 0. The average molecular weight is 467 g/mol. The van der Waals surface area contributed by atoms with Gasteiger partial charge in [0.2, 0.25) is 0 Å². The molecule has 1 aliphatic rings. The predicted octanol–water partition coefficient (Wildman–Crippen LogP) is 0.583. The molecule has 1 amide bonds. The first-order valence-corrected chi connectivity index (χ1v) is 12.1. The van der Waals surface area contributed by atoms with Gasteiger partial charge in [-0.25, -0.2) is 0 Å². The van der Waals surface area contributed by atoms with E-state index in [9.17, 15) is 23.8 Å². The Morgan fingerprint density at radius 2 is 1.93 bits per heavy atom. The summed E-state index contributed by atoms with van der Waals surface area (Å²) in [6.45, 7) is 3.04. The van der Waals surface area contributed by atoms with Gasteiger partial charge in [-0.1, -0.05) is 18.2 Å². The van der Waals surface area contributed by atoms with Crippen LogP contribution in [0.4, 0.5) is 11.4 Å². The van der Waals surface area contributed by atoms with Gasteiger partial charge in [-0.3, -0.25) is 10.1 Å². The van der Waals surface area contributed by atoms with Crippen LogP contribution in [0.2, 0.25) is 0 Å².